The van der Waals surface area contributed by atoms with Crippen LogP contribution in [-0.4, -0.2) is 22.4 Å². The molecule has 0 atom stereocenters. The highest BCUT2D eigenvalue weighted by Crippen LogP contribution is 2.24. The molecule has 2 aromatic rings. The van der Waals surface area contributed by atoms with Crippen LogP contribution in [0.5, 0.6) is 0 Å². The highest BCUT2D eigenvalue weighted by atomic mass is 35.5. The van der Waals surface area contributed by atoms with Gasteiger partial charge in [-0.05, 0) is 30.9 Å². The summed E-state index contributed by atoms with van der Waals surface area (Å²) in [5.41, 5.74) is 1.44. The van der Waals surface area contributed by atoms with Crippen LogP contribution in [0, 0.1) is 6.92 Å². The summed E-state index contributed by atoms with van der Waals surface area (Å²) in [7, 11) is 0. The van der Waals surface area contributed by atoms with Gasteiger partial charge in [0.05, 0.1) is 10.6 Å². The predicted octanol–water partition coefficient (Wildman–Crippen LogP) is 3.47. The number of anilines is 1. The minimum absolute atomic E-state index is 0.274. The smallest absolute Gasteiger partial charge is 0.259 e. The lowest BCUT2D eigenvalue weighted by Crippen LogP contribution is -2.12. The molecular weight excluding hydrogens is 290 g/mol. The van der Waals surface area contributed by atoms with Crippen molar-refractivity contribution >= 4 is 45.7 Å². The summed E-state index contributed by atoms with van der Waals surface area (Å²) in [4.78, 5) is 12.0. The SMILES string of the molecule is CSc1nnc(NC(=O)c2ccc(C)cc2Cl)s1. The predicted molar refractivity (Wildman–Crippen MR) is 75.8 cm³/mol. The molecule has 0 spiro atoms. The van der Waals surface area contributed by atoms with Gasteiger partial charge in [0.2, 0.25) is 5.13 Å². The summed E-state index contributed by atoms with van der Waals surface area (Å²) < 4.78 is 0.806. The zero-order chi connectivity index (χ0) is 13.1. The molecule has 7 heteroatoms. The van der Waals surface area contributed by atoms with Crippen LogP contribution in [0.15, 0.2) is 22.5 Å². The lowest BCUT2D eigenvalue weighted by atomic mass is 10.1. The second kappa shape index (κ2) is 5.69. The maximum atomic E-state index is 12.0. The quantitative estimate of drug-likeness (QED) is 0.696. The van der Waals surface area contributed by atoms with Gasteiger partial charge in [-0.25, -0.2) is 0 Å². The van der Waals surface area contributed by atoms with E-state index < -0.39 is 0 Å². The van der Waals surface area contributed by atoms with Crippen molar-refractivity contribution in [3.05, 3.63) is 34.3 Å². The van der Waals surface area contributed by atoms with Gasteiger partial charge in [0.1, 0.15) is 0 Å². The molecule has 1 aromatic carbocycles. The Balaban J connectivity index is 2.16. The maximum Gasteiger partial charge on any atom is 0.259 e. The van der Waals surface area contributed by atoms with Crippen LogP contribution >= 0.6 is 34.7 Å². The standard InChI is InChI=1S/C11H10ClN3OS2/c1-6-3-4-7(8(12)5-6)9(16)13-10-14-15-11(17-2)18-10/h3-5H,1-2H3,(H,13,14,16). The lowest BCUT2D eigenvalue weighted by Gasteiger charge is -2.04. The average molecular weight is 300 g/mol. The molecule has 0 radical (unpaired) electrons. The molecule has 0 aliphatic carbocycles. The molecule has 2 rings (SSSR count). The number of nitrogens with zero attached hydrogens (tertiary/aromatic N) is 2. The Hall–Kier alpha value is -1.11. The van der Waals surface area contributed by atoms with E-state index in [2.05, 4.69) is 15.5 Å². The van der Waals surface area contributed by atoms with E-state index in [1.807, 2.05) is 19.2 Å². The number of amides is 1. The number of thioether (sulfide) groups is 1. The van der Waals surface area contributed by atoms with Gasteiger partial charge in [0.25, 0.3) is 5.91 Å². The van der Waals surface area contributed by atoms with Gasteiger partial charge < -0.3 is 0 Å². The Bertz CT molecular complexity index is 585. The van der Waals surface area contributed by atoms with E-state index in [1.54, 1.807) is 12.1 Å². The maximum absolute atomic E-state index is 12.0. The minimum Gasteiger partial charge on any atom is -0.296 e. The van der Waals surface area contributed by atoms with Gasteiger partial charge in [-0.15, -0.1) is 10.2 Å². The van der Waals surface area contributed by atoms with Crippen molar-refractivity contribution in [2.75, 3.05) is 11.6 Å². The Kier molecular flexibility index (Phi) is 4.21. The number of hydrogen-bond acceptors (Lipinski definition) is 5. The fourth-order valence-electron chi connectivity index (χ4n) is 1.31. The van der Waals surface area contributed by atoms with Crippen molar-refractivity contribution in [2.45, 2.75) is 11.3 Å². The van der Waals surface area contributed by atoms with Crippen LogP contribution in [0.2, 0.25) is 5.02 Å². The first-order valence-corrected chi connectivity index (χ1v) is 7.47. The molecule has 18 heavy (non-hydrogen) atoms. The number of nitrogens with one attached hydrogen (secondary N) is 1. The molecule has 0 unspecified atom stereocenters. The Morgan fingerprint density at radius 3 is 2.83 bits per heavy atom. The molecule has 0 aliphatic heterocycles. The van der Waals surface area contributed by atoms with Crippen molar-refractivity contribution in [3.63, 3.8) is 0 Å². The number of carbonyl (C=O) groups is 1. The summed E-state index contributed by atoms with van der Waals surface area (Å²) >= 11 is 8.84. The summed E-state index contributed by atoms with van der Waals surface area (Å²) in [6.45, 7) is 1.92. The summed E-state index contributed by atoms with van der Waals surface area (Å²) in [6.07, 6.45) is 1.91. The van der Waals surface area contributed by atoms with Crippen LogP contribution in [0.1, 0.15) is 15.9 Å². The number of benzene rings is 1. The fourth-order valence-corrected chi connectivity index (χ4v) is 2.80. The highest BCUT2D eigenvalue weighted by molar-refractivity contribution is 8.00. The second-order valence-electron chi connectivity index (χ2n) is 3.51. The van der Waals surface area contributed by atoms with Crippen LogP contribution in [0.25, 0.3) is 0 Å². The van der Waals surface area contributed by atoms with E-state index in [9.17, 15) is 4.79 Å². The van der Waals surface area contributed by atoms with E-state index in [4.69, 9.17) is 11.6 Å². The molecule has 1 N–H and O–H groups in total. The number of rotatable bonds is 3. The van der Waals surface area contributed by atoms with Gasteiger partial charge in [-0.2, -0.15) is 0 Å². The summed E-state index contributed by atoms with van der Waals surface area (Å²) in [5.74, 6) is -0.274. The lowest BCUT2D eigenvalue weighted by molar-refractivity contribution is 0.102. The van der Waals surface area contributed by atoms with Crippen LogP contribution in [-0.2, 0) is 0 Å². The average Bonchev–Trinajstić information content (AvgIpc) is 2.76. The Morgan fingerprint density at radius 1 is 1.44 bits per heavy atom. The number of carbonyl (C=O) groups excluding carboxylic acids is 1. The summed E-state index contributed by atoms with van der Waals surface area (Å²) in [5, 5.41) is 11.4. The van der Waals surface area contributed by atoms with Gasteiger partial charge in [-0.3, -0.25) is 10.1 Å². The molecule has 1 amide bonds. The van der Waals surface area contributed by atoms with Crippen LogP contribution in [0.4, 0.5) is 5.13 Å². The molecule has 0 bridgehead atoms. The molecule has 1 heterocycles. The monoisotopic (exact) mass is 299 g/mol. The largest absolute Gasteiger partial charge is 0.296 e. The number of hydrogen-bond donors (Lipinski definition) is 1. The zero-order valence-corrected chi connectivity index (χ0v) is 12.1. The molecule has 0 saturated heterocycles. The normalized spacial score (nSPS) is 10.4. The van der Waals surface area contributed by atoms with Crippen LogP contribution < -0.4 is 5.32 Å². The third kappa shape index (κ3) is 3.01. The van der Waals surface area contributed by atoms with E-state index in [0.29, 0.717) is 15.7 Å². The van der Waals surface area contributed by atoms with Crippen molar-refractivity contribution in [1.29, 1.82) is 0 Å². The molecule has 0 saturated carbocycles. The summed E-state index contributed by atoms with van der Waals surface area (Å²) in [6, 6.07) is 5.29. The Labute approximate surface area is 118 Å². The first kappa shape index (κ1) is 13.3. The first-order chi connectivity index (χ1) is 8.60. The van der Waals surface area contributed by atoms with E-state index in [-0.39, 0.29) is 5.91 Å². The van der Waals surface area contributed by atoms with Gasteiger partial charge in [-0.1, -0.05) is 40.8 Å². The van der Waals surface area contributed by atoms with Gasteiger partial charge >= 0.3 is 0 Å². The van der Waals surface area contributed by atoms with Gasteiger partial charge in [0.15, 0.2) is 4.34 Å². The third-order valence-electron chi connectivity index (χ3n) is 2.17. The molecule has 1 aromatic heterocycles. The first-order valence-electron chi connectivity index (χ1n) is 5.05. The van der Waals surface area contributed by atoms with Gasteiger partial charge in [0, 0.05) is 0 Å². The van der Waals surface area contributed by atoms with Crippen molar-refractivity contribution in [1.82, 2.24) is 10.2 Å². The number of aryl methyl sites for hydroxylation is 1. The molecule has 4 nitrogen and oxygen atoms in total. The zero-order valence-electron chi connectivity index (χ0n) is 9.73. The van der Waals surface area contributed by atoms with Crippen molar-refractivity contribution < 1.29 is 4.79 Å². The van der Waals surface area contributed by atoms with E-state index in [0.717, 1.165) is 9.90 Å². The number of halogens is 1. The van der Waals surface area contributed by atoms with Crippen molar-refractivity contribution in [2.24, 2.45) is 0 Å². The third-order valence-corrected chi connectivity index (χ3v) is 4.30. The number of aromatic nitrogens is 2. The molecular formula is C11H10ClN3OS2. The minimum atomic E-state index is -0.274. The topological polar surface area (TPSA) is 54.9 Å². The van der Waals surface area contributed by atoms with E-state index >= 15 is 0 Å². The highest BCUT2D eigenvalue weighted by Gasteiger charge is 2.13. The van der Waals surface area contributed by atoms with E-state index in [1.165, 1.54) is 23.1 Å². The molecule has 0 aliphatic rings. The van der Waals surface area contributed by atoms with Crippen molar-refractivity contribution in [3.8, 4) is 0 Å². The Morgan fingerprint density at radius 2 is 2.22 bits per heavy atom. The fraction of sp³-hybridized carbons (Fsp3) is 0.182. The van der Waals surface area contributed by atoms with Crippen LogP contribution in [0.3, 0.4) is 0 Å². The molecule has 0 fully saturated rings. The second-order valence-corrected chi connectivity index (χ2v) is 5.95. The molecule has 94 valence electrons.